The van der Waals surface area contributed by atoms with Gasteiger partial charge in [0.25, 0.3) is 0 Å². The predicted octanol–water partition coefficient (Wildman–Crippen LogP) is 1.73. The van der Waals surface area contributed by atoms with E-state index in [1.807, 2.05) is 0 Å². The third kappa shape index (κ3) is 2.83. The second kappa shape index (κ2) is 5.24. The molecule has 0 saturated heterocycles. The lowest BCUT2D eigenvalue weighted by Gasteiger charge is -2.07. The van der Waals surface area contributed by atoms with Gasteiger partial charge in [-0.25, -0.2) is 23.5 Å². The van der Waals surface area contributed by atoms with Crippen molar-refractivity contribution in [1.82, 2.24) is 9.97 Å². The van der Waals surface area contributed by atoms with E-state index in [-0.39, 0.29) is 16.6 Å². The molecule has 3 rings (SSSR count). The lowest BCUT2D eigenvalue weighted by atomic mass is 10.2. The third-order valence-electron chi connectivity index (χ3n) is 3.01. The van der Waals surface area contributed by atoms with E-state index in [2.05, 4.69) is 15.3 Å². The summed E-state index contributed by atoms with van der Waals surface area (Å²) in [5.41, 5.74) is 0.879. The van der Waals surface area contributed by atoms with Gasteiger partial charge in [-0.05, 0) is 24.3 Å². The third-order valence-corrected chi connectivity index (χ3v) is 3.92. The van der Waals surface area contributed by atoms with Crippen LogP contribution in [0.5, 0.6) is 5.75 Å². The van der Waals surface area contributed by atoms with Gasteiger partial charge < -0.3 is 10.4 Å². The zero-order valence-electron chi connectivity index (χ0n) is 11.3. The molecule has 7 nitrogen and oxygen atoms in total. The number of nitrogens with one attached hydrogen (secondary N) is 1. The molecule has 1 aromatic heterocycles. The molecule has 0 unspecified atom stereocenters. The number of aromatic nitrogens is 2. The zero-order chi connectivity index (χ0) is 15.7. The maximum atomic E-state index is 11.3. The molecule has 8 heteroatoms. The van der Waals surface area contributed by atoms with Gasteiger partial charge in [0.2, 0.25) is 16.0 Å². The SMILES string of the molecule is NS(=O)(=O)c1cccc(Nc2ncc3cccc(O)c3n2)c1. The number of aromatic hydroxyl groups is 1. The molecule has 0 spiro atoms. The van der Waals surface area contributed by atoms with Crippen LogP contribution in [-0.4, -0.2) is 23.5 Å². The predicted molar refractivity (Wildman–Crippen MR) is 82.3 cm³/mol. The molecule has 0 radical (unpaired) electrons. The first-order chi connectivity index (χ1) is 10.4. The molecule has 1 heterocycles. The molecule has 112 valence electrons. The molecular formula is C14H12N4O3S. The van der Waals surface area contributed by atoms with E-state index < -0.39 is 10.0 Å². The van der Waals surface area contributed by atoms with Gasteiger partial charge in [0.15, 0.2) is 0 Å². The minimum Gasteiger partial charge on any atom is -0.506 e. The zero-order valence-corrected chi connectivity index (χ0v) is 12.1. The van der Waals surface area contributed by atoms with Crippen molar-refractivity contribution >= 4 is 32.6 Å². The Balaban J connectivity index is 1.98. The highest BCUT2D eigenvalue weighted by molar-refractivity contribution is 7.89. The van der Waals surface area contributed by atoms with Crippen LogP contribution in [0, 0.1) is 0 Å². The highest BCUT2D eigenvalue weighted by atomic mass is 32.2. The van der Waals surface area contributed by atoms with Crippen LogP contribution >= 0.6 is 0 Å². The van der Waals surface area contributed by atoms with Crippen molar-refractivity contribution in [2.45, 2.75) is 4.90 Å². The number of hydrogen-bond donors (Lipinski definition) is 3. The van der Waals surface area contributed by atoms with E-state index in [4.69, 9.17) is 5.14 Å². The Kier molecular flexibility index (Phi) is 3.39. The normalized spacial score (nSPS) is 11.5. The Labute approximate surface area is 126 Å². The number of fused-ring (bicyclic) bond motifs is 1. The van der Waals surface area contributed by atoms with Gasteiger partial charge in [0.1, 0.15) is 11.3 Å². The second-order valence-electron chi connectivity index (χ2n) is 4.61. The standard InChI is InChI=1S/C14H12N4O3S/c15-22(20,21)11-5-2-4-10(7-11)17-14-16-8-9-3-1-6-12(19)13(9)18-14/h1-8,19H,(H2,15,20,21)(H,16,17,18). The fraction of sp³-hybridized carbons (Fsp3) is 0. The maximum absolute atomic E-state index is 11.3. The number of primary sulfonamides is 1. The Morgan fingerprint density at radius 1 is 1.14 bits per heavy atom. The van der Waals surface area contributed by atoms with Gasteiger partial charge in [0, 0.05) is 17.3 Å². The van der Waals surface area contributed by atoms with E-state index in [9.17, 15) is 13.5 Å². The van der Waals surface area contributed by atoms with Crippen LogP contribution in [0.2, 0.25) is 0 Å². The second-order valence-corrected chi connectivity index (χ2v) is 6.17. The number of phenolic OH excluding ortho intramolecular Hbond substituents is 1. The van der Waals surface area contributed by atoms with Crippen LogP contribution < -0.4 is 10.5 Å². The van der Waals surface area contributed by atoms with Crippen molar-refractivity contribution in [3.8, 4) is 5.75 Å². The minimum absolute atomic E-state index is 0.0128. The van der Waals surface area contributed by atoms with Crippen LogP contribution in [-0.2, 0) is 10.0 Å². The van der Waals surface area contributed by atoms with Gasteiger partial charge in [-0.15, -0.1) is 0 Å². The van der Waals surface area contributed by atoms with Crippen molar-refractivity contribution in [3.63, 3.8) is 0 Å². The minimum atomic E-state index is -3.78. The summed E-state index contributed by atoms with van der Waals surface area (Å²) in [4.78, 5) is 8.32. The highest BCUT2D eigenvalue weighted by Crippen LogP contribution is 2.24. The number of anilines is 2. The van der Waals surface area contributed by atoms with Gasteiger partial charge in [0.05, 0.1) is 4.90 Å². The Bertz CT molecular complexity index is 957. The first-order valence-corrected chi connectivity index (χ1v) is 7.83. The highest BCUT2D eigenvalue weighted by Gasteiger charge is 2.09. The average Bonchev–Trinajstić information content (AvgIpc) is 2.48. The van der Waals surface area contributed by atoms with E-state index >= 15 is 0 Å². The molecule has 0 aliphatic heterocycles. The van der Waals surface area contributed by atoms with Crippen molar-refractivity contribution < 1.29 is 13.5 Å². The largest absolute Gasteiger partial charge is 0.506 e. The summed E-state index contributed by atoms with van der Waals surface area (Å²) < 4.78 is 22.7. The number of para-hydroxylation sites is 1. The number of benzene rings is 2. The molecule has 0 atom stereocenters. The van der Waals surface area contributed by atoms with Crippen LogP contribution in [0.4, 0.5) is 11.6 Å². The van der Waals surface area contributed by atoms with Crippen LogP contribution in [0.15, 0.2) is 53.6 Å². The van der Waals surface area contributed by atoms with E-state index in [1.165, 1.54) is 18.2 Å². The van der Waals surface area contributed by atoms with Gasteiger partial charge in [-0.2, -0.15) is 0 Å². The fourth-order valence-electron chi connectivity index (χ4n) is 1.98. The molecule has 2 aromatic carbocycles. The van der Waals surface area contributed by atoms with Crippen molar-refractivity contribution in [3.05, 3.63) is 48.7 Å². The summed E-state index contributed by atoms with van der Waals surface area (Å²) in [7, 11) is -3.78. The molecule has 0 saturated carbocycles. The fourth-order valence-corrected chi connectivity index (χ4v) is 2.54. The summed E-state index contributed by atoms with van der Waals surface area (Å²) in [5.74, 6) is 0.279. The Hall–Kier alpha value is -2.71. The average molecular weight is 316 g/mol. The molecule has 3 aromatic rings. The Morgan fingerprint density at radius 2 is 1.91 bits per heavy atom. The van der Waals surface area contributed by atoms with Crippen molar-refractivity contribution in [2.24, 2.45) is 5.14 Å². The summed E-state index contributed by atoms with van der Waals surface area (Å²) in [6, 6.07) is 11.0. The van der Waals surface area contributed by atoms with E-state index in [1.54, 1.807) is 30.5 Å². The molecule has 0 fully saturated rings. The monoisotopic (exact) mass is 316 g/mol. The Morgan fingerprint density at radius 3 is 2.68 bits per heavy atom. The summed E-state index contributed by atoms with van der Waals surface area (Å²) >= 11 is 0. The van der Waals surface area contributed by atoms with Crippen molar-refractivity contribution in [1.29, 1.82) is 0 Å². The lowest BCUT2D eigenvalue weighted by Crippen LogP contribution is -2.12. The van der Waals surface area contributed by atoms with Gasteiger partial charge in [-0.1, -0.05) is 18.2 Å². The molecule has 4 N–H and O–H groups in total. The van der Waals surface area contributed by atoms with E-state index in [0.29, 0.717) is 16.6 Å². The van der Waals surface area contributed by atoms with Crippen LogP contribution in [0.3, 0.4) is 0 Å². The molecule has 22 heavy (non-hydrogen) atoms. The smallest absolute Gasteiger partial charge is 0.238 e. The van der Waals surface area contributed by atoms with Crippen molar-refractivity contribution in [2.75, 3.05) is 5.32 Å². The molecular weight excluding hydrogens is 304 g/mol. The van der Waals surface area contributed by atoms with Gasteiger partial charge in [-0.3, -0.25) is 0 Å². The summed E-state index contributed by atoms with van der Waals surface area (Å²) in [6.07, 6.45) is 1.56. The van der Waals surface area contributed by atoms with Gasteiger partial charge >= 0.3 is 0 Å². The summed E-state index contributed by atoms with van der Waals surface area (Å²) in [5, 5.41) is 18.5. The number of nitrogens with two attached hydrogens (primary N) is 1. The number of sulfonamides is 1. The van der Waals surface area contributed by atoms with Crippen LogP contribution in [0.1, 0.15) is 0 Å². The number of phenols is 1. The first kappa shape index (κ1) is 14.2. The lowest BCUT2D eigenvalue weighted by molar-refractivity contribution is 0.480. The van der Waals surface area contributed by atoms with Crippen LogP contribution in [0.25, 0.3) is 10.9 Å². The number of nitrogens with zero attached hydrogens (tertiary/aromatic N) is 2. The molecule has 0 amide bonds. The quantitative estimate of drug-likeness (QED) is 0.677. The summed E-state index contributed by atoms with van der Waals surface area (Å²) in [6.45, 7) is 0. The maximum Gasteiger partial charge on any atom is 0.238 e. The first-order valence-electron chi connectivity index (χ1n) is 6.28. The number of hydrogen-bond acceptors (Lipinski definition) is 6. The molecule has 0 bridgehead atoms. The number of rotatable bonds is 3. The molecule has 0 aliphatic carbocycles. The topological polar surface area (TPSA) is 118 Å². The van der Waals surface area contributed by atoms with E-state index in [0.717, 1.165) is 0 Å². The molecule has 0 aliphatic rings.